The summed E-state index contributed by atoms with van der Waals surface area (Å²) in [6, 6.07) is 0. The number of aliphatic hydroxyl groups excluding tert-OH is 1. The Morgan fingerprint density at radius 2 is 1.93 bits per heavy atom. The van der Waals surface area contributed by atoms with Crippen LogP contribution >= 0.6 is 0 Å². The first-order valence-electron chi connectivity index (χ1n) is 14.8. The molecule has 1 aromatic heterocycles. The van der Waals surface area contributed by atoms with Gasteiger partial charge in [0.2, 0.25) is 12.2 Å². The number of carbonyl (C=O) groups excluding carboxylic acids is 2. The summed E-state index contributed by atoms with van der Waals surface area (Å²) in [5, 5.41) is 37.1. The summed E-state index contributed by atoms with van der Waals surface area (Å²) in [4.78, 5) is 37.7. The van der Waals surface area contributed by atoms with E-state index in [2.05, 4.69) is 5.32 Å². The molecular weight excluding hydrogens is 576 g/mol. The Hall–Kier alpha value is -3.39. The van der Waals surface area contributed by atoms with Gasteiger partial charge in [0.05, 0.1) is 5.60 Å². The summed E-state index contributed by atoms with van der Waals surface area (Å²) >= 11 is 0. The number of nitrogens with one attached hydrogen (secondary N) is 1. The molecule has 5 N–H and O–H groups in total. The minimum absolute atomic E-state index is 0.0738. The highest BCUT2D eigenvalue weighted by Gasteiger charge is 2.53. The van der Waals surface area contributed by atoms with Gasteiger partial charge in [0.15, 0.2) is 23.6 Å². The number of anilines is 1. The van der Waals surface area contributed by atoms with Crippen LogP contribution in [0.3, 0.4) is 0 Å². The molecule has 1 aromatic rings. The summed E-state index contributed by atoms with van der Waals surface area (Å²) < 4.78 is 28.1. The molecular formula is C31H43N2O11-. The molecule has 0 bridgehead atoms. The van der Waals surface area contributed by atoms with Crippen LogP contribution in [0, 0.1) is 11.8 Å². The molecule has 2 aliphatic carbocycles. The Morgan fingerprint density at radius 1 is 1.23 bits per heavy atom. The molecule has 0 radical (unpaired) electrons. The standard InChI is InChI=1S/C31H43N2O11/c1-14(2)7-8-16-13-17(9-11-19(16)34)27(37)33-21-22(35)18-10-12-20(15(3)24(18)42-28(21)38)41-29-23(36)25(43-30(32)39)26(40-6)31(4,5)44-29/h7,16-17,19,23,25-26,29,35-36H,8-13H2,1-6H3,(H2,32,39)(H,33,37)/q-1/t16?,17?,19?,23-,25+,26-,29?/m1/s1. The summed E-state index contributed by atoms with van der Waals surface area (Å²) in [5.74, 6) is -1.11. The molecule has 1 aliphatic heterocycles. The second kappa shape index (κ2) is 13.3. The van der Waals surface area contributed by atoms with Gasteiger partial charge in [-0.2, -0.15) is 0 Å². The Balaban J connectivity index is 1.54. The van der Waals surface area contributed by atoms with E-state index in [1.54, 1.807) is 20.8 Å². The number of nitrogens with two attached hydrogens (primary N) is 1. The van der Waals surface area contributed by atoms with Crippen LogP contribution in [0.25, 0.3) is 5.57 Å². The van der Waals surface area contributed by atoms with Gasteiger partial charge in [-0.1, -0.05) is 18.1 Å². The summed E-state index contributed by atoms with van der Waals surface area (Å²) in [6.07, 6.45) is -2.52. The molecule has 4 rings (SSSR count). The van der Waals surface area contributed by atoms with E-state index in [0.29, 0.717) is 42.6 Å². The Kier molecular flexibility index (Phi) is 10.1. The number of fused-ring (bicyclic) bond motifs is 1. The predicted molar refractivity (Wildman–Crippen MR) is 156 cm³/mol. The number of primary amides is 1. The maximum Gasteiger partial charge on any atom is 0.404 e. The van der Waals surface area contributed by atoms with Crippen molar-refractivity contribution >= 4 is 23.3 Å². The fraction of sp³-hybridized carbons (Fsp3) is 0.645. The molecule has 7 atom stereocenters. The maximum absolute atomic E-state index is 13.2. The Bertz CT molecular complexity index is 1380. The zero-order chi connectivity index (χ0) is 32.5. The lowest BCUT2D eigenvalue weighted by molar-refractivity contribution is -0.439. The van der Waals surface area contributed by atoms with E-state index in [0.717, 1.165) is 5.57 Å². The molecule has 44 heavy (non-hydrogen) atoms. The molecule has 0 spiro atoms. The number of methoxy groups -OCH3 is 1. The van der Waals surface area contributed by atoms with E-state index in [-0.39, 0.29) is 30.2 Å². The number of carbonyl (C=O) groups is 2. The lowest BCUT2D eigenvalue weighted by Crippen LogP contribution is -2.64. The SMILES string of the molecule is CO[C@@H]1[C@@H](OC(N)=O)[C@@H](O)C(OC2=C(C)c3oc(=O)c(NC(=O)C4CCC([O-])C(CC=C(C)C)C4)c(O)c3CC2)OC1(C)C. The van der Waals surface area contributed by atoms with E-state index in [4.69, 9.17) is 29.1 Å². The lowest BCUT2D eigenvalue weighted by atomic mass is 9.77. The fourth-order valence-electron chi connectivity index (χ4n) is 6.32. The first-order chi connectivity index (χ1) is 20.6. The van der Waals surface area contributed by atoms with Gasteiger partial charge in [0.1, 0.15) is 17.6 Å². The average molecular weight is 620 g/mol. The first kappa shape index (κ1) is 33.5. The van der Waals surface area contributed by atoms with Crippen LogP contribution in [0.2, 0.25) is 0 Å². The average Bonchev–Trinajstić information content (AvgIpc) is 2.94. The third kappa shape index (κ3) is 6.96. The number of amides is 2. The molecule has 2 amide bonds. The van der Waals surface area contributed by atoms with Crippen LogP contribution in [-0.2, 0) is 30.2 Å². The minimum atomic E-state index is -1.47. The van der Waals surface area contributed by atoms with Gasteiger partial charge in [-0.15, -0.1) is 6.10 Å². The van der Waals surface area contributed by atoms with Crippen molar-refractivity contribution in [3.63, 3.8) is 0 Å². The van der Waals surface area contributed by atoms with E-state index in [1.807, 2.05) is 19.9 Å². The second-order valence-corrected chi connectivity index (χ2v) is 12.5. The molecule has 4 unspecified atom stereocenters. The van der Waals surface area contributed by atoms with Gasteiger partial charge >= 0.3 is 11.7 Å². The highest BCUT2D eigenvalue weighted by molar-refractivity contribution is 5.94. The molecule has 1 saturated carbocycles. The number of hydrogen-bond acceptors (Lipinski definition) is 11. The fourth-order valence-corrected chi connectivity index (χ4v) is 6.32. The normalized spacial score (nSPS) is 29.8. The summed E-state index contributed by atoms with van der Waals surface area (Å²) in [5.41, 5.74) is 4.66. The number of hydrogen-bond donors (Lipinski definition) is 4. The Labute approximate surface area is 256 Å². The first-order valence-corrected chi connectivity index (χ1v) is 14.8. The minimum Gasteiger partial charge on any atom is -0.852 e. The van der Waals surface area contributed by atoms with Crippen molar-refractivity contribution in [2.75, 3.05) is 12.4 Å². The van der Waals surface area contributed by atoms with Crippen LogP contribution in [-0.4, -0.2) is 65.6 Å². The van der Waals surface area contributed by atoms with Crippen molar-refractivity contribution < 1.29 is 48.3 Å². The largest absolute Gasteiger partial charge is 0.852 e. The van der Waals surface area contributed by atoms with Crippen molar-refractivity contribution in [2.24, 2.45) is 17.6 Å². The second-order valence-electron chi connectivity index (χ2n) is 12.5. The maximum atomic E-state index is 13.2. The highest BCUT2D eigenvalue weighted by Crippen LogP contribution is 2.41. The van der Waals surface area contributed by atoms with Crippen LogP contribution in [0.4, 0.5) is 10.5 Å². The topological polar surface area (TPSA) is 203 Å². The predicted octanol–water partition coefficient (Wildman–Crippen LogP) is 2.45. The van der Waals surface area contributed by atoms with Gasteiger partial charge < -0.3 is 49.7 Å². The lowest BCUT2D eigenvalue weighted by Gasteiger charge is -2.47. The molecule has 3 aliphatic rings. The highest BCUT2D eigenvalue weighted by atomic mass is 16.7. The number of aromatic hydroxyl groups is 1. The molecule has 13 heteroatoms. The molecule has 2 heterocycles. The van der Waals surface area contributed by atoms with Crippen molar-refractivity contribution in [3.8, 4) is 5.75 Å². The molecule has 13 nitrogen and oxygen atoms in total. The quantitative estimate of drug-likeness (QED) is 0.311. The van der Waals surface area contributed by atoms with Crippen molar-refractivity contribution in [2.45, 2.75) is 109 Å². The van der Waals surface area contributed by atoms with Crippen molar-refractivity contribution in [3.05, 3.63) is 39.2 Å². The Morgan fingerprint density at radius 3 is 2.57 bits per heavy atom. The molecule has 244 valence electrons. The van der Waals surface area contributed by atoms with Crippen LogP contribution in [0.5, 0.6) is 5.75 Å². The molecule has 1 saturated heterocycles. The van der Waals surface area contributed by atoms with Crippen molar-refractivity contribution in [1.29, 1.82) is 0 Å². The summed E-state index contributed by atoms with van der Waals surface area (Å²) in [7, 11) is 1.39. The van der Waals surface area contributed by atoms with Gasteiger partial charge in [-0.25, -0.2) is 9.59 Å². The van der Waals surface area contributed by atoms with Crippen LogP contribution in [0.15, 0.2) is 26.6 Å². The van der Waals surface area contributed by atoms with Crippen molar-refractivity contribution in [1.82, 2.24) is 0 Å². The van der Waals surface area contributed by atoms with E-state index < -0.39 is 65.6 Å². The third-order valence-electron chi connectivity index (χ3n) is 8.70. The number of ether oxygens (including phenoxy) is 4. The summed E-state index contributed by atoms with van der Waals surface area (Å²) in [6.45, 7) is 8.90. The van der Waals surface area contributed by atoms with Gasteiger partial charge in [-0.05, 0) is 66.2 Å². The smallest absolute Gasteiger partial charge is 0.404 e. The number of allylic oxidation sites excluding steroid dienone is 4. The van der Waals surface area contributed by atoms with E-state index in [9.17, 15) is 29.7 Å². The van der Waals surface area contributed by atoms with E-state index in [1.165, 1.54) is 7.11 Å². The van der Waals surface area contributed by atoms with E-state index >= 15 is 0 Å². The van der Waals surface area contributed by atoms with Crippen LogP contribution < -0.4 is 21.8 Å². The van der Waals surface area contributed by atoms with Gasteiger partial charge in [0.25, 0.3) is 0 Å². The number of aliphatic hydroxyl groups is 1. The van der Waals surface area contributed by atoms with Crippen LogP contribution in [0.1, 0.15) is 78.0 Å². The number of rotatable bonds is 8. The van der Waals surface area contributed by atoms with Gasteiger partial charge in [-0.3, -0.25) is 4.79 Å². The zero-order valence-corrected chi connectivity index (χ0v) is 26.0. The zero-order valence-electron chi connectivity index (χ0n) is 26.0. The molecule has 0 aromatic carbocycles. The molecule has 2 fully saturated rings. The monoisotopic (exact) mass is 619 g/mol. The van der Waals surface area contributed by atoms with Gasteiger partial charge in [0, 0.05) is 30.6 Å². The third-order valence-corrected chi connectivity index (χ3v) is 8.70.